The second kappa shape index (κ2) is 10.8. The molecule has 42 heavy (non-hydrogen) atoms. The summed E-state index contributed by atoms with van der Waals surface area (Å²) in [6.45, 7) is 9.70. The summed E-state index contributed by atoms with van der Waals surface area (Å²) >= 11 is 7.88. The molecule has 0 unspecified atom stereocenters. The van der Waals surface area contributed by atoms with Crippen molar-refractivity contribution >= 4 is 45.9 Å². The zero-order valence-electron chi connectivity index (χ0n) is 24.3. The van der Waals surface area contributed by atoms with E-state index in [1.807, 2.05) is 59.0 Å². The average Bonchev–Trinajstić information content (AvgIpc) is 3.64. The molecule has 2 fully saturated rings. The molecular formula is C30H35ClN6O4S. The Hall–Kier alpha value is -3.25. The van der Waals surface area contributed by atoms with Crippen LogP contribution in [0.15, 0.2) is 41.9 Å². The van der Waals surface area contributed by atoms with Crippen molar-refractivity contribution in [3.8, 4) is 10.6 Å². The predicted molar refractivity (Wildman–Crippen MR) is 163 cm³/mol. The number of carbonyl (C=O) groups excluding carboxylic acids is 1. The van der Waals surface area contributed by atoms with Crippen molar-refractivity contribution < 1.29 is 19.0 Å². The monoisotopic (exact) mass is 610 g/mol. The van der Waals surface area contributed by atoms with Gasteiger partial charge in [0.05, 0.1) is 23.2 Å². The number of hydrogen-bond acceptors (Lipinski definition) is 9. The Morgan fingerprint density at radius 1 is 1.19 bits per heavy atom. The van der Waals surface area contributed by atoms with E-state index < -0.39 is 17.5 Å². The standard InChI is InChI=1S/C30H35ClN6O4S/c1-29(2,3)41-28(38)33-13-17-12-20(23-22(17)39-30(4,5)40-23)37-14-19(21-24(32)35-27(31)36-25(21)37)26-34-18(15-42-26)11-16-9-7-6-8-10-16/h6-10,14-15,17,20,22-23H,11-13H2,1-5H3,(H,33,38)(H2,32,35,36)/t17-,20-,22-,23+/m1/s1. The molecule has 1 aliphatic heterocycles. The summed E-state index contributed by atoms with van der Waals surface area (Å²) in [6, 6.07) is 10.1. The van der Waals surface area contributed by atoms with Crippen LogP contribution in [0.1, 0.15) is 58.3 Å². The highest BCUT2D eigenvalue weighted by Gasteiger charge is 2.55. The molecular weight excluding hydrogens is 576 g/mol. The van der Waals surface area contributed by atoms with Crippen molar-refractivity contribution in [3.05, 3.63) is 58.4 Å². The summed E-state index contributed by atoms with van der Waals surface area (Å²) in [5.41, 5.74) is 9.48. The Morgan fingerprint density at radius 3 is 2.67 bits per heavy atom. The molecule has 10 nitrogen and oxygen atoms in total. The van der Waals surface area contributed by atoms with E-state index in [1.54, 1.807) is 11.3 Å². The number of nitrogen functional groups attached to an aromatic ring is 1. The topological polar surface area (TPSA) is 126 Å². The first-order valence-electron chi connectivity index (χ1n) is 14.0. The fraction of sp³-hybridized carbons (Fsp3) is 0.467. The third kappa shape index (κ3) is 5.83. The first kappa shape index (κ1) is 28.9. The molecule has 4 heterocycles. The highest BCUT2D eigenvalue weighted by atomic mass is 35.5. The lowest BCUT2D eigenvalue weighted by Crippen LogP contribution is -2.38. The van der Waals surface area contributed by atoms with Crippen molar-refractivity contribution in [2.75, 3.05) is 12.3 Å². The van der Waals surface area contributed by atoms with Gasteiger partial charge in [-0.15, -0.1) is 11.3 Å². The second-order valence-electron chi connectivity index (χ2n) is 12.3. The van der Waals surface area contributed by atoms with Gasteiger partial charge in [0.1, 0.15) is 28.2 Å². The fourth-order valence-electron chi connectivity index (χ4n) is 5.94. The number of nitrogens with one attached hydrogen (secondary N) is 1. The summed E-state index contributed by atoms with van der Waals surface area (Å²) in [5.74, 6) is -0.514. The molecule has 222 valence electrons. The number of thiazole rings is 1. The predicted octanol–water partition coefficient (Wildman–Crippen LogP) is 5.99. The molecule has 0 spiro atoms. The van der Waals surface area contributed by atoms with Gasteiger partial charge < -0.3 is 29.8 Å². The summed E-state index contributed by atoms with van der Waals surface area (Å²) in [7, 11) is 0. The number of rotatable bonds is 6. The number of halogens is 1. The number of hydrogen-bond donors (Lipinski definition) is 2. The molecule has 1 saturated carbocycles. The number of alkyl carbamates (subject to hydrolysis) is 1. The molecule has 0 bridgehead atoms. The molecule has 1 aliphatic carbocycles. The number of carbonyl (C=O) groups is 1. The van der Waals surface area contributed by atoms with Crippen molar-refractivity contribution in [3.63, 3.8) is 0 Å². The number of ether oxygens (including phenoxy) is 3. The van der Waals surface area contributed by atoms with Crippen molar-refractivity contribution in [1.29, 1.82) is 0 Å². The van der Waals surface area contributed by atoms with Crippen LogP contribution in [0, 0.1) is 5.92 Å². The van der Waals surface area contributed by atoms with Gasteiger partial charge in [-0.2, -0.15) is 4.98 Å². The van der Waals surface area contributed by atoms with Crippen LogP contribution in [0.25, 0.3) is 21.6 Å². The van der Waals surface area contributed by atoms with E-state index in [1.165, 1.54) is 5.56 Å². The van der Waals surface area contributed by atoms with Crippen LogP contribution < -0.4 is 11.1 Å². The van der Waals surface area contributed by atoms with Gasteiger partial charge in [-0.25, -0.2) is 14.8 Å². The van der Waals surface area contributed by atoms with Gasteiger partial charge in [-0.3, -0.25) is 0 Å². The first-order valence-corrected chi connectivity index (χ1v) is 15.3. The number of amides is 1. The largest absolute Gasteiger partial charge is 0.444 e. The SMILES string of the molecule is CC(C)(C)OC(=O)NC[C@H]1C[C@@H](n2cc(-c3nc(Cc4ccccc4)cs3)c3c(N)nc(Cl)nc32)[C@@H]2OC(C)(C)O[C@H]12. The summed E-state index contributed by atoms with van der Waals surface area (Å²) in [4.78, 5) is 26.3. The van der Waals surface area contributed by atoms with Gasteiger partial charge in [0.15, 0.2) is 5.79 Å². The van der Waals surface area contributed by atoms with E-state index in [0.29, 0.717) is 29.8 Å². The van der Waals surface area contributed by atoms with Crippen molar-refractivity contribution in [2.45, 2.75) is 77.1 Å². The Kier molecular flexibility index (Phi) is 7.41. The maximum Gasteiger partial charge on any atom is 0.407 e. The van der Waals surface area contributed by atoms with Crippen molar-refractivity contribution in [1.82, 2.24) is 24.8 Å². The summed E-state index contributed by atoms with van der Waals surface area (Å²) in [6.07, 6.45) is 2.44. The minimum absolute atomic E-state index is 0.0258. The van der Waals surface area contributed by atoms with E-state index >= 15 is 0 Å². The lowest BCUT2D eigenvalue weighted by atomic mass is 10.1. The van der Waals surface area contributed by atoms with Crippen LogP contribution >= 0.6 is 22.9 Å². The Labute approximate surface area is 253 Å². The number of benzene rings is 1. The normalized spacial score (nSPS) is 23.3. The number of nitrogens with two attached hydrogens (primary N) is 1. The van der Waals surface area contributed by atoms with Crippen LogP contribution in [-0.2, 0) is 20.6 Å². The van der Waals surface area contributed by atoms with E-state index in [0.717, 1.165) is 22.7 Å². The molecule has 3 N–H and O–H groups in total. The fourth-order valence-corrected chi connectivity index (χ4v) is 6.94. The van der Waals surface area contributed by atoms with Gasteiger partial charge in [0.2, 0.25) is 5.28 Å². The van der Waals surface area contributed by atoms with E-state index in [-0.39, 0.29) is 29.5 Å². The zero-order chi connectivity index (χ0) is 29.8. The quantitative estimate of drug-likeness (QED) is 0.255. The minimum Gasteiger partial charge on any atom is -0.444 e. The lowest BCUT2D eigenvalue weighted by molar-refractivity contribution is -0.160. The van der Waals surface area contributed by atoms with Crippen LogP contribution in [0.3, 0.4) is 0 Å². The van der Waals surface area contributed by atoms with Crippen LogP contribution in [-0.4, -0.2) is 55.8 Å². The number of nitrogens with zero attached hydrogens (tertiary/aromatic N) is 4. The molecule has 0 radical (unpaired) electrons. The third-order valence-corrected chi connectivity index (χ3v) is 8.59. The van der Waals surface area contributed by atoms with E-state index in [4.69, 9.17) is 36.5 Å². The molecule has 1 saturated heterocycles. The van der Waals surface area contributed by atoms with Crippen molar-refractivity contribution in [2.24, 2.45) is 5.92 Å². The minimum atomic E-state index is -0.780. The van der Waals surface area contributed by atoms with Gasteiger partial charge in [0, 0.05) is 36.0 Å². The lowest BCUT2D eigenvalue weighted by Gasteiger charge is -2.25. The molecule has 12 heteroatoms. The molecule has 6 rings (SSSR count). The number of fused-ring (bicyclic) bond motifs is 2. The Bertz CT molecular complexity index is 1620. The van der Waals surface area contributed by atoms with Gasteiger partial charge >= 0.3 is 6.09 Å². The van der Waals surface area contributed by atoms with Gasteiger partial charge in [-0.05, 0) is 58.2 Å². The van der Waals surface area contributed by atoms with E-state index in [9.17, 15) is 4.79 Å². The Balaban J connectivity index is 1.34. The highest BCUT2D eigenvalue weighted by Crippen LogP contribution is 2.49. The Morgan fingerprint density at radius 2 is 1.93 bits per heavy atom. The smallest absolute Gasteiger partial charge is 0.407 e. The number of aromatic nitrogens is 4. The summed E-state index contributed by atoms with van der Waals surface area (Å²) in [5, 5.41) is 6.58. The van der Waals surface area contributed by atoms with Crippen LogP contribution in [0.5, 0.6) is 0 Å². The molecule has 2 aliphatic rings. The van der Waals surface area contributed by atoms with Gasteiger partial charge in [0.25, 0.3) is 0 Å². The molecule has 4 aromatic rings. The third-order valence-electron chi connectivity index (χ3n) is 7.50. The highest BCUT2D eigenvalue weighted by molar-refractivity contribution is 7.13. The molecule has 3 aromatic heterocycles. The van der Waals surface area contributed by atoms with Gasteiger partial charge in [-0.1, -0.05) is 30.3 Å². The van der Waals surface area contributed by atoms with Crippen LogP contribution in [0.4, 0.5) is 10.6 Å². The molecule has 1 aromatic carbocycles. The summed E-state index contributed by atoms with van der Waals surface area (Å²) < 4.78 is 20.3. The maximum absolute atomic E-state index is 12.5. The second-order valence-corrected chi connectivity index (χ2v) is 13.5. The number of anilines is 1. The van der Waals surface area contributed by atoms with Crippen LogP contribution in [0.2, 0.25) is 5.28 Å². The molecule has 1 amide bonds. The molecule has 4 atom stereocenters. The average molecular weight is 611 g/mol. The first-order chi connectivity index (χ1) is 19.9. The van der Waals surface area contributed by atoms with E-state index in [2.05, 4.69) is 37.4 Å². The maximum atomic E-state index is 12.5. The zero-order valence-corrected chi connectivity index (χ0v) is 25.8.